The van der Waals surface area contributed by atoms with E-state index in [-0.39, 0.29) is 10.7 Å². The van der Waals surface area contributed by atoms with Crippen molar-refractivity contribution in [3.63, 3.8) is 0 Å². The van der Waals surface area contributed by atoms with Gasteiger partial charge in [-0.3, -0.25) is 10.1 Å². The fourth-order valence-corrected chi connectivity index (χ4v) is 1.39. The number of hydrogen-bond acceptors (Lipinski definition) is 4. The Morgan fingerprint density at radius 3 is 2.80 bits per heavy atom. The molecule has 0 aliphatic rings. The molecule has 0 bridgehead atoms. The Balaban J connectivity index is 2.48. The van der Waals surface area contributed by atoms with Crippen LogP contribution in [0.1, 0.15) is 0 Å². The first-order chi connectivity index (χ1) is 7.18. The maximum atomic E-state index is 10.5. The van der Waals surface area contributed by atoms with Gasteiger partial charge < -0.3 is 0 Å². The summed E-state index contributed by atoms with van der Waals surface area (Å²) in [5.41, 5.74) is 0.503. The summed E-state index contributed by atoms with van der Waals surface area (Å²) in [7, 11) is 0. The van der Waals surface area contributed by atoms with Crippen LogP contribution in [-0.4, -0.2) is 19.9 Å². The number of hydrogen-bond donors (Lipinski definition) is 0. The minimum Gasteiger partial charge on any atom is -0.258 e. The van der Waals surface area contributed by atoms with Crippen LogP contribution in [0, 0.1) is 10.1 Å². The van der Waals surface area contributed by atoms with Crippen LogP contribution in [0.25, 0.3) is 5.69 Å². The van der Waals surface area contributed by atoms with Crippen molar-refractivity contribution in [1.82, 2.24) is 15.0 Å². The summed E-state index contributed by atoms with van der Waals surface area (Å²) in [6, 6.07) is 4.16. The zero-order valence-corrected chi connectivity index (χ0v) is 8.13. The molecule has 1 aromatic heterocycles. The lowest BCUT2D eigenvalue weighted by molar-refractivity contribution is -0.384. The number of nitrogens with zero attached hydrogens (tertiary/aromatic N) is 4. The lowest BCUT2D eigenvalue weighted by Gasteiger charge is -2.02. The van der Waals surface area contributed by atoms with Crippen LogP contribution in [-0.2, 0) is 0 Å². The molecule has 0 saturated carbocycles. The molecular formula is C8H5ClN4O2. The van der Waals surface area contributed by atoms with Crippen molar-refractivity contribution in [3.8, 4) is 5.69 Å². The van der Waals surface area contributed by atoms with E-state index >= 15 is 0 Å². The van der Waals surface area contributed by atoms with Crippen LogP contribution in [0.2, 0.25) is 5.02 Å². The van der Waals surface area contributed by atoms with Gasteiger partial charge in [-0.1, -0.05) is 16.8 Å². The molecule has 7 heteroatoms. The Labute approximate surface area is 89.2 Å². The largest absolute Gasteiger partial charge is 0.271 e. The molecule has 0 spiro atoms. The van der Waals surface area contributed by atoms with E-state index in [1.54, 1.807) is 6.20 Å². The molecule has 0 N–H and O–H groups in total. The highest BCUT2D eigenvalue weighted by atomic mass is 35.5. The average Bonchev–Trinajstić information content (AvgIpc) is 2.70. The second-order valence-corrected chi connectivity index (χ2v) is 3.15. The molecule has 76 valence electrons. The Hall–Kier alpha value is -1.95. The summed E-state index contributed by atoms with van der Waals surface area (Å²) >= 11 is 5.87. The van der Waals surface area contributed by atoms with Crippen molar-refractivity contribution < 1.29 is 4.92 Å². The van der Waals surface area contributed by atoms with Gasteiger partial charge in [0, 0.05) is 12.1 Å². The van der Waals surface area contributed by atoms with Gasteiger partial charge >= 0.3 is 0 Å². The van der Waals surface area contributed by atoms with E-state index in [2.05, 4.69) is 10.3 Å². The van der Waals surface area contributed by atoms with Crippen molar-refractivity contribution in [2.24, 2.45) is 0 Å². The van der Waals surface area contributed by atoms with Crippen molar-refractivity contribution in [2.45, 2.75) is 0 Å². The number of nitro benzene ring substituents is 1. The first-order valence-corrected chi connectivity index (χ1v) is 4.37. The first-order valence-electron chi connectivity index (χ1n) is 3.99. The third-order valence-electron chi connectivity index (χ3n) is 1.81. The number of aromatic nitrogens is 3. The SMILES string of the molecule is O=[N+]([O-])c1ccc(-n2ccnn2)c(Cl)c1. The van der Waals surface area contributed by atoms with E-state index in [0.29, 0.717) is 5.69 Å². The van der Waals surface area contributed by atoms with Crippen LogP contribution in [0.4, 0.5) is 5.69 Å². The number of rotatable bonds is 2. The molecule has 0 amide bonds. The van der Waals surface area contributed by atoms with Crippen LogP contribution in [0.3, 0.4) is 0 Å². The van der Waals surface area contributed by atoms with Gasteiger partial charge in [-0.15, -0.1) is 5.10 Å². The fraction of sp³-hybridized carbons (Fsp3) is 0. The van der Waals surface area contributed by atoms with Gasteiger partial charge in [-0.2, -0.15) is 0 Å². The van der Waals surface area contributed by atoms with Gasteiger partial charge in [-0.05, 0) is 6.07 Å². The van der Waals surface area contributed by atoms with E-state index in [1.165, 1.54) is 29.1 Å². The Bertz CT molecular complexity index is 497. The highest BCUT2D eigenvalue weighted by Gasteiger charge is 2.10. The van der Waals surface area contributed by atoms with Gasteiger partial charge in [0.2, 0.25) is 0 Å². The predicted octanol–water partition coefficient (Wildman–Crippen LogP) is 1.83. The summed E-state index contributed by atoms with van der Waals surface area (Å²) in [4.78, 5) is 9.96. The summed E-state index contributed by atoms with van der Waals surface area (Å²) in [6.45, 7) is 0. The quantitative estimate of drug-likeness (QED) is 0.576. The van der Waals surface area contributed by atoms with E-state index in [4.69, 9.17) is 11.6 Å². The number of non-ortho nitro benzene ring substituents is 1. The molecule has 2 rings (SSSR count). The molecule has 0 fully saturated rings. The third kappa shape index (κ3) is 1.79. The van der Waals surface area contributed by atoms with E-state index in [9.17, 15) is 10.1 Å². The van der Waals surface area contributed by atoms with Crippen LogP contribution in [0.15, 0.2) is 30.6 Å². The number of benzene rings is 1. The predicted molar refractivity (Wildman–Crippen MR) is 53.0 cm³/mol. The van der Waals surface area contributed by atoms with E-state index < -0.39 is 4.92 Å². The van der Waals surface area contributed by atoms with Crippen molar-refractivity contribution in [3.05, 3.63) is 45.7 Å². The molecule has 15 heavy (non-hydrogen) atoms. The Kier molecular flexibility index (Phi) is 2.34. The van der Waals surface area contributed by atoms with Gasteiger partial charge in [0.05, 0.1) is 28.0 Å². The van der Waals surface area contributed by atoms with Crippen molar-refractivity contribution in [2.75, 3.05) is 0 Å². The lowest BCUT2D eigenvalue weighted by Crippen LogP contribution is -1.97. The minimum absolute atomic E-state index is 0.0520. The molecular weight excluding hydrogens is 220 g/mol. The normalized spacial score (nSPS) is 10.2. The van der Waals surface area contributed by atoms with Crippen LogP contribution >= 0.6 is 11.6 Å². The third-order valence-corrected chi connectivity index (χ3v) is 2.11. The summed E-state index contributed by atoms with van der Waals surface area (Å²) in [6.07, 6.45) is 3.10. The minimum atomic E-state index is -0.503. The second-order valence-electron chi connectivity index (χ2n) is 2.74. The fourth-order valence-electron chi connectivity index (χ4n) is 1.13. The molecule has 0 aliphatic carbocycles. The second kappa shape index (κ2) is 3.66. The van der Waals surface area contributed by atoms with Gasteiger partial charge in [0.15, 0.2) is 0 Å². The number of halogens is 1. The zero-order valence-electron chi connectivity index (χ0n) is 7.37. The molecule has 0 unspecified atom stereocenters. The van der Waals surface area contributed by atoms with Crippen molar-refractivity contribution >= 4 is 17.3 Å². The molecule has 0 radical (unpaired) electrons. The summed E-state index contributed by atoms with van der Waals surface area (Å²) in [5.74, 6) is 0. The molecule has 1 heterocycles. The maximum absolute atomic E-state index is 10.5. The molecule has 0 aliphatic heterocycles. The Morgan fingerprint density at radius 1 is 1.47 bits per heavy atom. The molecule has 0 atom stereocenters. The molecule has 2 aromatic rings. The monoisotopic (exact) mass is 224 g/mol. The Morgan fingerprint density at radius 2 is 2.27 bits per heavy atom. The summed E-state index contributed by atoms with van der Waals surface area (Å²) in [5, 5.41) is 18.1. The van der Waals surface area contributed by atoms with Crippen LogP contribution in [0.5, 0.6) is 0 Å². The van der Waals surface area contributed by atoms with E-state index in [0.717, 1.165) is 0 Å². The van der Waals surface area contributed by atoms with E-state index in [1.807, 2.05) is 0 Å². The molecule has 0 saturated heterocycles. The highest BCUT2D eigenvalue weighted by Crippen LogP contribution is 2.24. The van der Waals surface area contributed by atoms with Gasteiger partial charge in [0.1, 0.15) is 0 Å². The highest BCUT2D eigenvalue weighted by molar-refractivity contribution is 6.32. The lowest BCUT2D eigenvalue weighted by atomic mass is 10.3. The number of nitro groups is 1. The van der Waals surface area contributed by atoms with Crippen LogP contribution < -0.4 is 0 Å². The standard InChI is InChI=1S/C8H5ClN4O2/c9-7-5-6(13(14)15)1-2-8(7)12-4-3-10-11-12/h1-5H. The summed E-state index contributed by atoms with van der Waals surface area (Å²) < 4.78 is 1.44. The zero-order chi connectivity index (χ0) is 10.8. The maximum Gasteiger partial charge on any atom is 0.271 e. The van der Waals surface area contributed by atoms with Gasteiger partial charge in [-0.25, -0.2) is 4.68 Å². The molecule has 6 nitrogen and oxygen atoms in total. The van der Waals surface area contributed by atoms with Crippen molar-refractivity contribution in [1.29, 1.82) is 0 Å². The first kappa shape index (κ1) is 9.60. The average molecular weight is 225 g/mol. The molecule has 1 aromatic carbocycles. The van der Waals surface area contributed by atoms with Gasteiger partial charge in [0.25, 0.3) is 5.69 Å². The topological polar surface area (TPSA) is 73.8 Å². The smallest absolute Gasteiger partial charge is 0.258 e.